The van der Waals surface area contributed by atoms with Gasteiger partial charge in [-0.15, -0.1) is 11.3 Å². The Labute approximate surface area is 149 Å². The Kier molecular flexibility index (Phi) is 4.19. The molecule has 3 aromatic rings. The normalized spacial score (nSPS) is 17.7. The third-order valence-electron chi connectivity index (χ3n) is 4.35. The van der Waals surface area contributed by atoms with Crippen molar-refractivity contribution in [2.75, 3.05) is 11.4 Å². The molecule has 3 heterocycles. The van der Waals surface area contributed by atoms with E-state index < -0.39 is 6.04 Å². The van der Waals surface area contributed by atoms with Crippen LogP contribution in [0.3, 0.4) is 0 Å². The molecule has 25 heavy (non-hydrogen) atoms. The predicted octanol–water partition coefficient (Wildman–Crippen LogP) is 3.22. The molecule has 0 bridgehead atoms. The summed E-state index contributed by atoms with van der Waals surface area (Å²) in [5, 5.41) is 3.95. The first-order valence-corrected chi connectivity index (χ1v) is 9.05. The predicted molar refractivity (Wildman–Crippen MR) is 98.9 cm³/mol. The Morgan fingerprint density at radius 2 is 2.12 bits per heavy atom. The lowest BCUT2D eigenvalue weighted by atomic mass is 10.0. The molecule has 0 aliphatic carbocycles. The van der Waals surface area contributed by atoms with E-state index in [1.54, 1.807) is 17.3 Å². The molecule has 4 rings (SSSR count). The second-order valence-corrected chi connectivity index (χ2v) is 7.10. The highest BCUT2D eigenvalue weighted by Gasteiger charge is 2.31. The maximum atomic E-state index is 12.8. The number of pyridine rings is 1. The van der Waals surface area contributed by atoms with Gasteiger partial charge < -0.3 is 10.2 Å². The molecule has 126 valence electrons. The molecule has 0 saturated carbocycles. The summed E-state index contributed by atoms with van der Waals surface area (Å²) < 4.78 is 1.07. The summed E-state index contributed by atoms with van der Waals surface area (Å²) >= 11 is 1.45. The van der Waals surface area contributed by atoms with Crippen molar-refractivity contribution >= 4 is 38.9 Å². The average molecular weight is 351 g/mol. The largest absolute Gasteiger partial charge is 0.340 e. The van der Waals surface area contributed by atoms with Crippen LogP contribution in [0.25, 0.3) is 10.1 Å². The summed E-state index contributed by atoms with van der Waals surface area (Å²) in [6.45, 7) is 0.653. The first-order valence-electron chi connectivity index (χ1n) is 8.23. The highest BCUT2D eigenvalue weighted by atomic mass is 32.1. The van der Waals surface area contributed by atoms with E-state index in [4.69, 9.17) is 0 Å². The number of rotatable bonds is 3. The van der Waals surface area contributed by atoms with Gasteiger partial charge in [0.25, 0.3) is 5.91 Å². The third kappa shape index (κ3) is 3.13. The van der Waals surface area contributed by atoms with Gasteiger partial charge in [0, 0.05) is 17.4 Å². The molecule has 2 amide bonds. The lowest BCUT2D eigenvalue weighted by Gasteiger charge is -2.32. The standard InChI is InChI=1S/C19H17N3O2S/c23-18(17-11-13-5-1-2-8-16(13)25-17)21-15-7-4-10-22(19(15)24)14-6-3-9-20-12-14/h1-3,5-6,8-9,11-12,15H,4,7,10H2,(H,21,23). The van der Waals surface area contributed by atoms with Gasteiger partial charge in [-0.25, -0.2) is 0 Å². The highest BCUT2D eigenvalue weighted by molar-refractivity contribution is 7.20. The highest BCUT2D eigenvalue weighted by Crippen LogP contribution is 2.26. The topological polar surface area (TPSA) is 62.3 Å². The molecule has 5 nitrogen and oxygen atoms in total. The summed E-state index contributed by atoms with van der Waals surface area (Å²) in [6, 6.07) is 12.9. The van der Waals surface area contributed by atoms with Crippen LogP contribution in [0.5, 0.6) is 0 Å². The van der Waals surface area contributed by atoms with Crippen LogP contribution >= 0.6 is 11.3 Å². The minimum absolute atomic E-state index is 0.0753. The van der Waals surface area contributed by atoms with E-state index in [2.05, 4.69) is 10.3 Å². The molecular weight excluding hydrogens is 334 g/mol. The Balaban J connectivity index is 1.51. The number of fused-ring (bicyclic) bond motifs is 1. The molecule has 1 aromatic carbocycles. The summed E-state index contributed by atoms with van der Waals surface area (Å²) in [5.41, 5.74) is 0.772. The van der Waals surface area contributed by atoms with Crippen LogP contribution in [0.15, 0.2) is 54.9 Å². The minimum atomic E-state index is -0.494. The van der Waals surface area contributed by atoms with Crippen molar-refractivity contribution in [2.45, 2.75) is 18.9 Å². The molecule has 6 heteroatoms. The molecule has 1 atom stereocenters. The second kappa shape index (κ2) is 6.64. The van der Waals surface area contributed by atoms with Crippen LogP contribution in [0.2, 0.25) is 0 Å². The third-order valence-corrected chi connectivity index (χ3v) is 5.47. The number of anilines is 1. The Morgan fingerprint density at radius 3 is 2.92 bits per heavy atom. The maximum Gasteiger partial charge on any atom is 0.262 e. The number of nitrogens with one attached hydrogen (secondary N) is 1. The van der Waals surface area contributed by atoms with E-state index in [0.717, 1.165) is 22.2 Å². The Hall–Kier alpha value is -2.73. The first kappa shape index (κ1) is 15.8. The van der Waals surface area contributed by atoms with Crippen molar-refractivity contribution in [2.24, 2.45) is 0 Å². The fourth-order valence-corrected chi connectivity index (χ4v) is 4.07. The van der Waals surface area contributed by atoms with Gasteiger partial charge in [-0.05, 0) is 42.5 Å². The molecule has 2 aromatic heterocycles. The number of piperidine rings is 1. The van der Waals surface area contributed by atoms with Crippen molar-refractivity contribution in [1.82, 2.24) is 10.3 Å². The number of hydrogen-bond acceptors (Lipinski definition) is 4. The van der Waals surface area contributed by atoms with E-state index in [0.29, 0.717) is 17.8 Å². The molecule has 0 spiro atoms. The molecule has 1 aliphatic rings. The van der Waals surface area contributed by atoms with Gasteiger partial charge in [-0.1, -0.05) is 18.2 Å². The van der Waals surface area contributed by atoms with Crippen LogP contribution in [-0.4, -0.2) is 29.4 Å². The zero-order valence-corrected chi connectivity index (χ0v) is 14.3. The zero-order valence-electron chi connectivity index (χ0n) is 13.5. The smallest absolute Gasteiger partial charge is 0.262 e. The van der Waals surface area contributed by atoms with E-state index in [9.17, 15) is 9.59 Å². The van der Waals surface area contributed by atoms with Crippen LogP contribution in [-0.2, 0) is 4.79 Å². The van der Waals surface area contributed by atoms with E-state index in [1.807, 2.05) is 42.5 Å². The lowest BCUT2D eigenvalue weighted by molar-refractivity contribution is -0.121. The van der Waals surface area contributed by atoms with Gasteiger partial charge in [0.05, 0.1) is 16.8 Å². The lowest BCUT2D eigenvalue weighted by Crippen LogP contribution is -2.52. The van der Waals surface area contributed by atoms with E-state index in [1.165, 1.54) is 11.3 Å². The number of carbonyl (C=O) groups excluding carboxylic acids is 2. The number of thiophene rings is 1. The minimum Gasteiger partial charge on any atom is -0.340 e. The number of carbonyl (C=O) groups is 2. The quantitative estimate of drug-likeness (QED) is 0.788. The molecule has 1 aliphatic heterocycles. The van der Waals surface area contributed by atoms with Crippen LogP contribution < -0.4 is 10.2 Å². The van der Waals surface area contributed by atoms with Crippen LogP contribution in [0.1, 0.15) is 22.5 Å². The number of hydrogen-bond donors (Lipinski definition) is 1. The Bertz CT molecular complexity index is 890. The maximum absolute atomic E-state index is 12.8. The van der Waals surface area contributed by atoms with Crippen LogP contribution in [0.4, 0.5) is 5.69 Å². The number of aromatic nitrogens is 1. The average Bonchev–Trinajstić information content (AvgIpc) is 3.08. The second-order valence-electron chi connectivity index (χ2n) is 6.02. The van der Waals surface area contributed by atoms with Gasteiger partial charge in [0.15, 0.2) is 0 Å². The molecule has 1 unspecified atom stereocenters. The van der Waals surface area contributed by atoms with Crippen molar-refractivity contribution in [3.63, 3.8) is 0 Å². The van der Waals surface area contributed by atoms with Crippen molar-refractivity contribution in [1.29, 1.82) is 0 Å². The van der Waals surface area contributed by atoms with Gasteiger partial charge in [0.2, 0.25) is 5.91 Å². The van der Waals surface area contributed by atoms with Gasteiger partial charge in [0.1, 0.15) is 6.04 Å². The van der Waals surface area contributed by atoms with Crippen LogP contribution in [0, 0.1) is 0 Å². The molecule has 1 N–H and O–H groups in total. The van der Waals surface area contributed by atoms with E-state index in [-0.39, 0.29) is 11.8 Å². The van der Waals surface area contributed by atoms with Gasteiger partial charge in [-0.2, -0.15) is 0 Å². The van der Waals surface area contributed by atoms with Gasteiger partial charge in [-0.3, -0.25) is 14.6 Å². The Morgan fingerprint density at radius 1 is 1.24 bits per heavy atom. The summed E-state index contributed by atoms with van der Waals surface area (Å²) in [6.07, 6.45) is 4.86. The zero-order chi connectivity index (χ0) is 17.2. The fraction of sp³-hybridized carbons (Fsp3) is 0.211. The molecule has 0 radical (unpaired) electrons. The van der Waals surface area contributed by atoms with Crippen molar-refractivity contribution < 1.29 is 9.59 Å². The summed E-state index contributed by atoms with van der Waals surface area (Å²) in [4.78, 5) is 31.7. The fourth-order valence-electron chi connectivity index (χ4n) is 3.10. The number of nitrogens with zero attached hydrogens (tertiary/aromatic N) is 2. The summed E-state index contributed by atoms with van der Waals surface area (Å²) in [7, 11) is 0. The monoisotopic (exact) mass is 351 g/mol. The first-order chi connectivity index (χ1) is 12.2. The molecule has 1 saturated heterocycles. The SMILES string of the molecule is O=C(NC1CCCN(c2cccnc2)C1=O)c1cc2ccccc2s1. The van der Waals surface area contributed by atoms with Crippen molar-refractivity contribution in [3.05, 3.63) is 59.7 Å². The van der Waals surface area contributed by atoms with Gasteiger partial charge >= 0.3 is 0 Å². The van der Waals surface area contributed by atoms with Crippen molar-refractivity contribution in [3.8, 4) is 0 Å². The summed E-state index contributed by atoms with van der Waals surface area (Å²) in [5.74, 6) is -0.263. The molecule has 1 fully saturated rings. The van der Waals surface area contributed by atoms with E-state index >= 15 is 0 Å². The number of amides is 2. The molecular formula is C19H17N3O2S. The number of benzene rings is 1.